The number of nitrogens with zero attached hydrogens (tertiary/aromatic N) is 1. The molecule has 16 heavy (non-hydrogen) atoms. The summed E-state index contributed by atoms with van der Waals surface area (Å²) in [6.07, 6.45) is 0.481. The topological polar surface area (TPSA) is 70.6 Å². The predicted molar refractivity (Wildman–Crippen MR) is 75.3 cm³/mol. The van der Waals surface area contributed by atoms with Crippen LogP contribution in [0.4, 0.5) is 5.69 Å². The fraction of sp³-hybridized carbons (Fsp3) is 0.300. The van der Waals surface area contributed by atoms with E-state index in [4.69, 9.17) is 22.5 Å². The molecule has 0 amide bonds. The molecule has 6 heteroatoms. The van der Waals surface area contributed by atoms with E-state index in [-0.39, 0.29) is 11.9 Å². The summed E-state index contributed by atoms with van der Waals surface area (Å²) in [6, 6.07) is 5.70. The van der Waals surface area contributed by atoms with Gasteiger partial charge in [0.15, 0.2) is 0 Å². The molecule has 0 bridgehead atoms. The zero-order valence-electron chi connectivity index (χ0n) is 8.74. The third-order valence-electron chi connectivity index (χ3n) is 1.98. The molecule has 1 atom stereocenters. The van der Waals surface area contributed by atoms with Gasteiger partial charge in [-0.1, -0.05) is 16.8 Å². The Morgan fingerprint density at radius 2 is 2.38 bits per heavy atom. The van der Waals surface area contributed by atoms with Gasteiger partial charge in [0.2, 0.25) is 0 Å². The number of rotatable bonds is 4. The second-order valence-corrected chi connectivity index (χ2v) is 5.06. The van der Waals surface area contributed by atoms with Crippen LogP contribution in [0.25, 0.3) is 0 Å². The van der Waals surface area contributed by atoms with E-state index < -0.39 is 0 Å². The Hall–Kier alpha value is -0.690. The van der Waals surface area contributed by atoms with Crippen molar-refractivity contribution in [2.75, 3.05) is 5.32 Å². The van der Waals surface area contributed by atoms with Crippen molar-refractivity contribution in [1.29, 1.82) is 0 Å². The second-order valence-electron chi connectivity index (χ2n) is 3.47. The van der Waals surface area contributed by atoms with Gasteiger partial charge in [-0.3, -0.25) is 0 Å². The molecule has 0 aromatic heterocycles. The number of nitrogens with one attached hydrogen (secondary N) is 1. The number of amidine groups is 1. The summed E-state index contributed by atoms with van der Waals surface area (Å²) in [6.45, 7) is 1.96. The molecule has 0 saturated heterocycles. The predicted octanol–water partition coefficient (Wildman–Crippen LogP) is 2.88. The molecule has 0 spiro atoms. The fourth-order valence-electron chi connectivity index (χ4n) is 1.28. The molecule has 0 aliphatic carbocycles. The Balaban J connectivity index is 2.66. The van der Waals surface area contributed by atoms with Crippen LogP contribution in [-0.2, 0) is 0 Å². The van der Waals surface area contributed by atoms with E-state index in [1.807, 2.05) is 25.1 Å². The summed E-state index contributed by atoms with van der Waals surface area (Å²) < 4.78 is 1.04. The summed E-state index contributed by atoms with van der Waals surface area (Å²) in [7, 11) is 0. The van der Waals surface area contributed by atoms with Crippen molar-refractivity contribution in [2.45, 2.75) is 19.4 Å². The molecule has 0 saturated carbocycles. The van der Waals surface area contributed by atoms with Crippen LogP contribution in [0.2, 0.25) is 5.02 Å². The molecule has 4 N–H and O–H groups in total. The number of halogens is 2. The first kappa shape index (κ1) is 13.4. The maximum Gasteiger partial charge on any atom is 0.141 e. The van der Waals surface area contributed by atoms with Crippen LogP contribution in [0.1, 0.15) is 13.3 Å². The van der Waals surface area contributed by atoms with E-state index in [2.05, 4.69) is 33.1 Å². The van der Waals surface area contributed by atoms with Gasteiger partial charge < -0.3 is 16.3 Å². The molecule has 0 fully saturated rings. The third kappa shape index (κ3) is 4.05. The van der Waals surface area contributed by atoms with Gasteiger partial charge in [0.1, 0.15) is 5.84 Å². The largest absolute Gasteiger partial charge is 0.409 e. The average Bonchev–Trinajstić information content (AvgIpc) is 2.22. The van der Waals surface area contributed by atoms with Gasteiger partial charge in [0, 0.05) is 26.7 Å². The van der Waals surface area contributed by atoms with Crippen molar-refractivity contribution < 1.29 is 5.21 Å². The molecular formula is C10H13ClIN3O. The Morgan fingerprint density at radius 1 is 1.69 bits per heavy atom. The lowest BCUT2D eigenvalue weighted by atomic mass is 10.2. The van der Waals surface area contributed by atoms with Crippen molar-refractivity contribution in [2.24, 2.45) is 10.9 Å². The van der Waals surface area contributed by atoms with Gasteiger partial charge in [-0.15, -0.1) is 0 Å². The monoisotopic (exact) mass is 353 g/mol. The van der Waals surface area contributed by atoms with Crippen LogP contribution in [0, 0.1) is 3.57 Å². The minimum Gasteiger partial charge on any atom is -0.409 e. The van der Waals surface area contributed by atoms with Gasteiger partial charge in [0.05, 0.1) is 0 Å². The quantitative estimate of drug-likeness (QED) is 0.256. The highest BCUT2D eigenvalue weighted by Gasteiger charge is 2.07. The van der Waals surface area contributed by atoms with E-state index in [9.17, 15) is 0 Å². The third-order valence-corrected chi connectivity index (χ3v) is 3.10. The summed E-state index contributed by atoms with van der Waals surface area (Å²) in [5.74, 6) is 0.212. The number of nitrogens with two attached hydrogens (primary N) is 1. The van der Waals surface area contributed by atoms with Crippen LogP contribution in [0.3, 0.4) is 0 Å². The smallest absolute Gasteiger partial charge is 0.141 e. The Bertz CT molecular complexity index is 398. The molecule has 4 nitrogen and oxygen atoms in total. The fourth-order valence-corrected chi connectivity index (χ4v) is 2.30. The van der Waals surface area contributed by atoms with E-state index in [0.717, 1.165) is 9.26 Å². The number of benzene rings is 1. The number of hydrogen-bond donors (Lipinski definition) is 3. The first-order chi connectivity index (χ1) is 7.52. The van der Waals surface area contributed by atoms with Gasteiger partial charge in [0.25, 0.3) is 0 Å². The molecule has 0 heterocycles. The van der Waals surface area contributed by atoms with Crippen LogP contribution in [-0.4, -0.2) is 17.1 Å². The molecule has 1 aromatic rings. The second kappa shape index (κ2) is 6.15. The normalized spacial score (nSPS) is 13.6. The lowest BCUT2D eigenvalue weighted by Gasteiger charge is -2.15. The maximum atomic E-state index is 8.46. The van der Waals surface area contributed by atoms with E-state index >= 15 is 0 Å². The SMILES string of the molecule is CC(C/C(N)=N/O)Nc1ccc(Cl)cc1I. The minimum atomic E-state index is 0.0885. The maximum absolute atomic E-state index is 8.46. The molecule has 0 aliphatic rings. The Morgan fingerprint density at radius 3 is 2.94 bits per heavy atom. The molecule has 88 valence electrons. The molecular weight excluding hydrogens is 340 g/mol. The molecule has 0 aliphatic heterocycles. The standard InChI is InChI=1S/C10H13ClIN3O/c1-6(4-10(13)15-16)14-9-3-2-7(11)5-8(9)12/h2-3,5-6,14,16H,4H2,1H3,(H2,13,15). The van der Waals surface area contributed by atoms with Crippen molar-refractivity contribution >= 4 is 45.7 Å². The number of anilines is 1. The van der Waals surface area contributed by atoms with Crippen LogP contribution >= 0.6 is 34.2 Å². The van der Waals surface area contributed by atoms with Crippen LogP contribution in [0.15, 0.2) is 23.4 Å². The first-order valence-electron chi connectivity index (χ1n) is 4.71. The lowest BCUT2D eigenvalue weighted by molar-refractivity contribution is 0.316. The zero-order valence-corrected chi connectivity index (χ0v) is 11.7. The first-order valence-corrected chi connectivity index (χ1v) is 6.16. The van der Waals surface area contributed by atoms with Crippen molar-refractivity contribution in [1.82, 2.24) is 0 Å². The molecule has 1 unspecified atom stereocenters. The van der Waals surface area contributed by atoms with Crippen molar-refractivity contribution in [3.63, 3.8) is 0 Å². The van der Waals surface area contributed by atoms with Crippen LogP contribution < -0.4 is 11.1 Å². The molecule has 0 radical (unpaired) electrons. The number of hydrogen-bond acceptors (Lipinski definition) is 3. The summed E-state index contributed by atoms with van der Waals surface area (Å²) in [5.41, 5.74) is 6.42. The highest BCUT2D eigenvalue weighted by molar-refractivity contribution is 14.1. The van der Waals surface area contributed by atoms with Gasteiger partial charge in [-0.2, -0.15) is 0 Å². The van der Waals surface area contributed by atoms with Crippen molar-refractivity contribution in [3.05, 3.63) is 26.8 Å². The minimum absolute atomic E-state index is 0.0885. The summed E-state index contributed by atoms with van der Waals surface area (Å²) in [5, 5.41) is 15.4. The van der Waals surface area contributed by atoms with E-state index in [1.54, 1.807) is 0 Å². The highest BCUT2D eigenvalue weighted by Crippen LogP contribution is 2.23. The molecule has 1 aromatic carbocycles. The van der Waals surface area contributed by atoms with E-state index in [0.29, 0.717) is 11.4 Å². The molecule has 1 rings (SSSR count). The van der Waals surface area contributed by atoms with Crippen LogP contribution in [0.5, 0.6) is 0 Å². The van der Waals surface area contributed by atoms with Crippen molar-refractivity contribution in [3.8, 4) is 0 Å². The Labute approximate surface area is 113 Å². The van der Waals surface area contributed by atoms with Gasteiger partial charge in [-0.05, 0) is 47.7 Å². The zero-order chi connectivity index (χ0) is 12.1. The van der Waals surface area contributed by atoms with Gasteiger partial charge >= 0.3 is 0 Å². The highest BCUT2D eigenvalue weighted by atomic mass is 127. The Kier molecular flexibility index (Phi) is 5.14. The average molecular weight is 354 g/mol. The lowest BCUT2D eigenvalue weighted by Crippen LogP contribution is -2.24. The summed E-state index contributed by atoms with van der Waals surface area (Å²) in [4.78, 5) is 0. The number of oxime groups is 1. The van der Waals surface area contributed by atoms with Gasteiger partial charge in [-0.25, -0.2) is 0 Å². The summed E-state index contributed by atoms with van der Waals surface area (Å²) >= 11 is 8.06. The van der Waals surface area contributed by atoms with E-state index in [1.165, 1.54) is 0 Å².